The van der Waals surface area contributed by atoms with Crippen molar-refractivity contribution in [2.24, 2.45) is 5.41 Å². The quantitative estimate of drug-likeness (QED) is 0.796. The summed E-state index contributed by atoms with van der Waals surface area (Å²) >= 11 is 0. The monoisotopic (exact) mass is 374 g/mol. The number of rotatable bonds is 4. The van der Waals surface area contributed by atoms with E-state index in [-0.39, 0.29) is 5.41 Å². The maximum Gasteiger partial charge on any atom is 0.313 e. The molecule has 0 bridgehead atoms. The molecule has 0 radical (unpaired) electrons. The van der Waals surface area contributed by atoms with Gasteiger partial charge in [-0.05, 0) is 57.0 Å². The van der Waals surface area contributed by atoms with Crippen LogP contribution in [0.2, 0.25) is 0 Å². The zero-order chi connectivity index (χ0) is 20.2. The average Bonchev–Trinajstić information content (AvgIpc) is 2.53. The highest BCUT2D eigenvalue weighted by Crippen LogP contribution is 2.26. The molecular formula is C21H34N4O2. The minimum absolute atomic E-state index is 0.0619. The third kappa shape index (κ3) is 6.86. The van der Waals surface area contributed by atoms with Crippen molar-refractivity contribution < 1.29 is 9.59 Å². The van der Waals surface area contributed by atoms with Crippen molar-refractivity contribution in [1.82, 2.24) is 10.2 Å². The van der Waals surface area contributed by atoms with Crippen LogP contribution in [0.15, 0.2) is 24.3 Å². The Morgan fingerprint density at radius 2 is 1.48 bits per heavy atom. The highest BCUT2D eigenvalue weighted by Gasteiger charge is 2.29. The molecule has 2 N–H and O–H groups in total. The van der Waals surface area contributed by atoms with E-state index in [1.54, 1.807) is 0 Å². The van der Waals surface area contributed by atoms with Gasteiger partial charge in [0.25, 0.3) is 0 Å². The number of anilines is 2. The number of hydrogen-bond acceptors (Lipinski definition) is 4. The van der Waals surface area contributed by atoms with E-state index in [9.17, 15) is 9.59 Å². The molecule has 0 saturated carbocycles. The molecule has 6 nitrogen and oxygen atoms in total. The van der Waals surface area contributed by atoms with Crippen LogP contribution in [0.25, 0.3) is 0 Å². The molecule has 6 heteroatoms. The highest BCUT2D eigenvalue weighted by molar-refractivity contribution is 6.39. The molecular weight excluding hydrogens is 340 g/mol. The molecule has 0 spiro atoms. The molecule has 1 saturated heterocycles. The first-order chi connectivity index (χ1) is 12.5. The van der Waals surface area contributed by atoms with Gasteiger partial charge in [0.1, 0.15) is 0 Å². The zero-order valence-corrected chi connectivity index (χ0v) is 17.6. The van der Waals surface area contributed by atoms with Gasteiger partial charge in [0.15, 0.2) is 0 Å². The lowest BCUT2D eigenvalue weighted by molar-refractivity contribution is -0.137. The fraction of sp³-hybridized carbons (Fsp3) is 0.619. The lowest BCUT2D eigenvalue weighted by Gasteiger charge is -2.34. The van der Waals surface area contributed by atoms with E-state index in [4.69, 9.17) is 0 Å². The molecule has 27 heavy (non-hydrogen) atoms. The SMILES string of the molecule is CN1CCN(c2ccc(NC(=O)C(=O)NC(C)(C)CC(C)(C)C)cc2)CC1. The Hall–Kier alpha value is -2.08. The predicted molar refractivity (Wildman–Crippen MR) is 111 cm³/mol. The number of nitrogens with one attached hydrogen (secondary N) is 2. The van der Waals surface area contributed by atoms with Gasteiger partial charge in [0.05, 0.1) is 0 Å². The van der Waals surface area contributed by atoms with Gasteiger partial charge in [-0.2, -0.15) is 0 Å². The minimum atomic E-state index is -0.635. The van der Waals surface area contributed by atoms with Gasteiger partial charge in [-0.3, -0.25) is 9.59 Å². The number of carbonyl (C=O) groups excluding carboxylic acids is 2. The van der Waals surface area contributed by atoms with E-state index in [1.165, 1.54) is 0 Å². The zero-order valence-electron chi connectivity index (χ0n) is 17.6. The average molecular weight is 375 g/mol. The molecule has 1 heterocycles. The van der Waals surface area contributed by atoms with Gasteiger partial charge in [-0.15, -0.1) is 0 Å². The van der Waals surface area contributed by atoms with Crippen molar-refractivity contribution in [3.8, 4) is 0 Å². The molecule has 1 aliphatic heterocycles. The third-order valence-corrected chi connectivity index (χ3v) is 4.62. The Morgan fingerprint density at radius 3 is 2.00 bits per heavy atom. The Labute approximate surface area is 163 Å². The molecule has 2 amide bonds. The van der Waals surface area contributed by atoms with E-state index < -0.39 is 17.4 Å². The molecule has 1 aromatic carbocycles. The van der Waals surface area contributed by atoms with E-state index in [2.05, 4.69) is 48.3 Å². The van der Waals surface area contributed by atoms with E-state index in [1.807, 2.05) is 38.1 Å². The number of likely N-dealkylation sites (N-methyl/N-ethyl adjacent to an activating group) is 1. The number of piperazine rings is 1. The summed E-state index contributed by atoms with van der Waals surface area (Å²) in [5.41, 5.74) is 1.38. The van der Waals surface area contributed by atoms with E-state index >= 15 is 0 Å². The predicted octanol–water partition coefficient (Wildman–Crippen LogP) is 2.71. The van der Waals surface area contributed by atoms with Crippen molar-refractivity contribution in [1.29, 1.82) is 0 Å². The summed E-state index contributed by atoms with van der Waals surface area (Å²) in [5, 5.41) is 5.52. The van der Waals surface area contributed by atoms with E-state index in [0.717, 1.165) is 38.3 Å². The topological polar surface area (TPSA) is 64.7 Å². The normalized spacial score (nSPS) is 16.1. The second kappa shape index (κ2) is 8.30. The van der Waals surface area contributed by atoms with Crippen LogP contribution in [0.5, 0.6) is 0 Å². The fourth-order valence-electron chi connectivity index (χ4n) is 3.74. The van der Waals surface area contributed by atoms with Crippen molar-refractivity contribution in [2.45, 2.75) is 46.6 Å². The molecule has 2 rings (SSSR count). The number of benzene rings is 1. The van der Waals surface area contributed by atoms with Crippen LogP contribution < -0.4 is 15.5 Å². The van der Waals surface area contributed by atoms with Gasteiger partial charge < -0.3 is 20.4 Å². The summed E-state index contributed by atoms with van der Waals surface area (Å²) < 4.78 is 0. The molecule has 1 aromatic rings. The largest absolute Gasteiger partial charge is 0.369 e. The lowest BCUT2D eigenvalue weighted by atomic mass is 9.82. The molecule has 150 valence electrons. The highest BCUT2D eigenvalue weighted by atomic mass is 16.2. The maximum atomic E-state index is 12.3. The number of hydrogen-bond donors (Lipinski definition) is 2. The van der Waals surface area contributed by atoms with Crippen molar-refractivity contribution in [3.05, 3.63) is 24.3 Å². The fourth-order valence-corrected chi connectivity index (χ4v) is 3.74. The second-order valence-corrected chi connectivity index (χ2v) is 9.37. The van der Waals surface area contributed by atoms with Crippen LogP contribution in [0, 0.1) is 5.41 Å². The number of amides is 2. The summed E-state index contributed by atoms with van der Waals surface area (Å²) in [5.74, 6) is -1.24. The van der Waals surface area contributed by atoms with Crippen molar-refractivity contribution in [3.63, 3.8) is 0 Å². The number of carbonyl (C=O) groups is 2. The first kappa shape index (κ1) is 21.2. The molecule has 0 atom stereocenters. The van der Waals surface area contributed by atoms with Crippen molar-refractivity contribution in [2.75, 3.05) is 43.4 Å². The molecule has 0 unspecified atom stereocenters. The van der Waals surface area contributed by atoms with Gasteiger partial charge in [-0.1, -0.05) is 20.8 Å². The Kier molecular flexibility index (Phi) is 6.52. The van der Waals surface area contributed by atoms with Crippen LogP contribution in [-0.4, -0.2) is 55.5 Å². The Morgan fingerprint density at radius 1 is 0.926 bits per heavy atom. The Bertz CT molecular complexity index is 654. The molecule has 1 aliphatic rings. The summed E-state index contributed by atoms with van der Waals surface area (Å²) in [4.78, 5) is 29.1. The molecule has 0 aromatic heterocycles. The maximum absolute atomic E-state index is 12.3. The smallest absolute Gasteiger partial charge is 0.313 e. The lowest BCUT2D eigenvalue weighted by Crippen LogP contribution is -2.49. The van der Waals surface area contributed by atoms with E-state index in [0.29, 0.717) is 5.69 Å². The van der Waals surface area contributed by atoms with Crippen LogP contribution in [0.1, 0.15) is 41.0 Å². The minimum Gasteiger partial charge on any atom is -0.369 e. The van der Waals surface area contributed by atoms with Crippen LogP contribution >= 0.6 is 0 Å². The van der Waals surface area contributed by atoms with Gasteiger partial charge >= 0.3 is 11.8 Å². The van der Waals surface area contributed by atoms with Crippen LogP contribution in [-0.2, 0) is 9.59 Å². The van der Waals surface area contributed by atoms with Crippen LogP contribution in [0.4, 0.5) is 11.4 Å². The van der Waals surface area contributed by atoms with Gasteiger partial charge in [-0.25, -0.2) is 0 Å². The van der Waals surface area contributed by atoms with Crippen molar-refractivity contribution >= 4 is 23.2 Å². The standard InChI is InChI=1S/C21H34N4O2/c1-20(2,3)15-21(4,5)23-19(27)18(26)22-16-7-9-17(10-8-16)25-13-11-24(6)12-14-25/h7-10H,11-15H2,1-6H3,(H,22,26)(H,23,27). The second-order valence-electron chi connectivity index (χ2n) is 9.37. The van der Waals surface area contributed by atoms with Gasteiger partial charge in [0.2, 0.25) is 0 Å². The summed E-state index contributed by atoms with van der Waals surface area (Å²) in [6.07, 6.45) is 0.777. The third-order valence-electron chi connectivity index (χ3n) is 4.62. The first-order valence-corrected chi connectivity index (χ1v) is 9.62. The van der Waals surface area contributed by atoms with Crippen LogP contribution in [0.3, 0.4) is 0 Å². The summed E-state index contributed by atoms with van der Waals surface area (Å²) in [7, 11) is 2.13. The summed E-state index contributed by atoms with van der Waals surface area (Å²) in [6, 6.07) is 7.67. The number of nitrogens with zero attached hydrogens (tertiary/aromatic N) is 2. The molecule has 1 fully saturated rings. The first-order valence-electron chi connectivity index (χ1n) is 9.62. The Balaban J connectivity index is 1.90. The molecule has 0 aliphatic carbocycles. The summed E-state index contributed by atoms with van der Waals surface area (Å²) in [6.45, 7) is 14.3. The van der Waals surface area contributed by atoms with Gasteiger partial charge in [0, 0.05) is 43.1 Å².